The van der Waals surface area contributed by atoms with Crippen LogP contribution in [0.1, 0.15) is 44.5 Å². The Morgan fingerprint density at radius 3 is 2.70 bits per heavy atom. The molecular formula is C28H39N5. The normalized spacial score (nSPS) is 15.4. The van der Waals surface area contributed by atoms with Gasteiger partial charge in [0, 0.05) is 22.8 Å². The van der Waals surface area contributed by atoms with E-state index >= 15 is 0 Å². The quantitative estimate of drug-likeness (QED) is 0.344. The van der Waals surface area contributed by atoms with Crippen molar-refractivity contribution in [2.24, 2.45) is 5.92 Å². The summed E-state index contributed by atoms with van der Waals surface area (Å²) in [7, 11) is 2.03. The lowest BCUT2D eigenvalue weighted by Gasteiger charge is -2.32. The van der Waals surface area contributed by atoms with Gasteiger partial charge in [-0.3, -0.25) is 4.98 Å². The van der Waals surface area contributed by atoms with E-state index in [1.165, 1.54) is 50.2 Å². The van der Waals surface area contributed by atoms with E-state index in [2.05, 4.69) is 77.5 Å². The highest BCUT2D eigenvalue weighted by molar-refractivity contribution is 5.92. The number of likely N-dealkylation sites (tertiary alicyclic amines) is 1. The van der Waals surface area contributed by atoms with Crippen LogP contribution in [0.3, 0.4) is 0 Å². The Balaban J connectivity index is 0.00000149. The number of aryl methyl sites for hydroxylation is 1. The number of nitrogens with one attached hydrogen (secondary N) is 2. The first-order valence-electron chi connectivity index (χ1n) is 12.2. The van der Waals surface area contributed by atoms with Crippen LogP contribution in [0.5, 0.6) is 0 Å². The van der Waals surface area contributed by atoms with Crippen LogP contribution in [0.4, 0.5) is 0 Å². The number of aromatic amines is 1. The van der Waals surface area contributed by atoms with E-state index < -0.39 is 0 Å². The van der Waals surface area contributed by atoms with E-state index in [9.17, 15) is 0 Å². The summed E-state index contributed by atoms with van der Waals surface area (Å²) in [5, 5.41) is 4.38. The Morgan fingerprint density at radius 2 is 1.97 bits per heavy atom. The molecule has 0 saturated carbocycles. The lowest BCUT2D eigenvalue weighted by Crippen LogP contribution is -2.35. The fourth-order valence-corrected chi connectivity index (χ4v) is 4.67. The molecule has 0 atom stereocenters. The van der Waals surface area contributed by atoms with Gasteiger partial charge in [0.05, 0.1) is 11.2 Å². The van der Waals surface area contributed by atoms with Crippen molar-refractivity contribution in [3.8, 4) is 11.4 Å². The Kier molecular flexibility index (Phi) is 9.40. The molecule has 1 saturated heterocycles. The summed E-state index contributed by atoms with van der Waals surface area (Å²) in [6.45, 7) is 15.2. The van der Waals surface area contributed by atoms with Crippen molar-refractivity contribution in [1.29, 1.82) is 0 Å². The van der Waals surface area contributed by atoms with Crippen LogP contribution in [0.15, 0.2) is 55.3 Å². The number of fused-ring (bicyclic) bond motifs is 1. The molecule has 33 heavy (non-hydrogen) atoms. The number of nitrogens with zero attached hydrogens (tertiary/aromatic N) is 3. The second-order valence-electron chi connectivity index (χ2n) is 8.64. The van der Waals surface area contributed by atoms with Crippen molar-refractivity contribution >= 4 is 17.0 Å². The molecule has 3 aromatic rings. The third-order valence-electron chi connectivity index (χ3n) is 6.57. The number of allylic oxidation sites excluding steroid dienone is 1. The summed E-state index contributed by atoms with van der Waals surface area (Å²) >= 11 is 0. The number of rotatable bonds is 8. The van der Waals surface area contributed by atoms with E-state index in [-0.39, 0.29) is 0 Å². The number of piperidine rings is 1. The number of pyridine rings is 1. The maximum atomic E-state index is 5.02. The fourth-order valence-electron chi connectivity index (χ4n) is 4.67. The number of para-hydroxylation sites is 1. The zero-order valence-corrected chi connectivity index (χ0v) is 20.5. The Bertz CT molecular complexity index is 1040. The van der Waals surface area contributed by atoms with Crippen molar-refractivity contribution in [3.63, 3.8) is 0 Å². The zero-order valence-electron chi connectivity index (χ0n) is 20.5. The van der Waals surface area contributed by atoms with Crippen LogP contribution < -0.4 is 5.32 Å². The summed E-state index contributed by atoms with van der Waals surface area (Å²) in [5.74, 6) is 1.60. The first kappa shape index (κ1) is 24.9. The lowest BCUT2D eigenvalue weighted by atomic mass is 9.89. The molecule has 2 N–H and O–H groups in total. The van der Waals surface area contributed by atoms with Crippen LogP contribution in [0, 0.1) is 5.92 Å². The number of aromatic nitrogens is 3. The van der Waals surface area contributed by atoms with E-state index in [1.54, 1.807) is 0 Å². The van der Waals surface area contributed by atoms with Crippen molar-refractivity contribution in [3.05, 3.63) is 66.6 Å². The van der Waals surface area contributed by atoms with Gasteiger partial charge in [-0.2, -0.15) is 0 Å². The van der Waals surface area contributed by atoms with Gasteiger partial charge in [-0.15, -0.1) is 13.2 Å². The van der Waals surface area contributed by atoms with E-state index in [0.717, 1.165) is 41.0 Å². The molecule has 176 valence electrons. The maximum Gasteiger partial charge on any atom is 0.138 e. The van der Waals surface area contributed by atoms with Gasteiger partial charge in [0.1, 0.15) is 5.82 Å². The average molecular weight is 446 g/mol. The average Bonchev–Trinajstić information content (AvgIpc) is 3.28. The molecular weight excluding hydrogens is 406 g/mol. The highest BCUT2D eigenvalue weighted by Gasteiger charge is 2.21. The van der Waals surface area contributed by atoms with Crippen LogP contribution in [0.25, 0.3) is 28.4 Å². The van der Waals surface area contributed by atoms with Gasteiger partial charge in [-0.25, -0.2) is 4.98 Å². The summed E-state index contributed by atoms with van der Waals surface area (Å²) in [6.07, 6.45) is 8.86. The van der Waals surface area contributed by atoms with Crippen LogP contribution in [-0.2, 0) is 6.42 Å². The van der Waals surface area contributed by atoms with Gasteiger partial charge >= 0.3 is 0 Å². The number of H-pyrrole nitrogens is 1. The van der Waals surface area contributed by atoms with E-state index in [0.29, 0.717) is 5.92 Å². The minimum absolute atomic E-state index is 0.659. The first-order valence-corrected chi connectivity index (χ1v) is 12.2. The second kappa shape index (κ2) is 12.5. The Morgan fingerprint density at radius 1 is 1.21 bits per heavy atom. The molecule has 1 fully saturated rings. The molecule has 5 nitrogen and oxygen atoms in total. The van der Waals surface area contributed by atoms with Gasteiger partial charge in [0.25, 0.3) is 0 Å². The van der Waals surface area contributed by atoms with E-state index in [4.69, 9.17) is 4.98 Å². The summed E-state index contributed by atoms with van der Waals surface area (Å²) in [5.41, 5.74) is 5.88. The standard InChI is InChI=1S/C26H35N5.C2H4/c1-4-23-25(18-19(2)20-11-16-31(17-12-20)15-7-13-27-3)30-26(29-23)22-10-14-28-24-9-6-5-8-21(22)24;1-2/h5-6,8-10,14,18,20,27H,4,7,11-13,15-17H2,1-3H3,(H,29,30);1-2H2/b19-18+;. The van der Waals surface area contributed by atoms with Gasteiger partial charge < -0.3 is 15.2 Å². The minimum atomic E-state index is 0.659. The monoisotopic (exact) mass is 445 g/mol. The number of imidazole rings is 1. The number of benzene rings is 1. The van der Waals surface area contributed by atoms with Crippen molar-refractivity contribution in [2.45, 2.75) is 39.5 Å². The largest absolute Gasteiger partial charge is 0.341 e. The third-order valence-corrected chi connectivity index (χ3v) is 6.57. The molecule has 1 aliphatic rings. The van der Waals surface area contributed by atoms with Crippen molar-refractivity contribution in [2.75, 3.05) is 33.2 Å². The maximum absolute atomic E-state index is 5.02. The van der Waals surface area contributed by atoms with Gasteiger partial charge in [-0.05, 0) is 90.0 Å². The Labute approximate surface area is 199 Å². The van der Waals surface area contributed by atoms with Crippen LogP contribution >= 0.6 is 0 Å². The van der Waals surface area contributed by atoms with Crippen LogP contribution in [0.2, 0.25) is 0 Å². The summed E-state index contributed by atoms with van der Waals surface area (Å²) in [4.78, 5) is 15.7. The van der Waals surface area contributed by atoms with Crippen LogP contribution in [-0.4, -0.2) is 53.1 Å². The topological polar surface area (TPSA) is 56.8 Å². The van der Waals surface area contributed by atoms with Gasteiger partial charge in [0.2, 0.25) is 0 Å². The SMILES string of the molecule is C=C.CCc1[nH]c(-c2ccnc3ccccc23)nc1/C=C(\C)C1CCN(CCCNC)CC1. The molecule has 0 unspecified atom stereocenters. The molecule has 1 aromatic carbocycles. The molecule has 0 bridgehead atoms. The van der Waals surface area contributed by atoms with Crippen molar-refractivity contribution < 1.29 is 0 Å². The Hall–Kier alpha value is -2.76. The molecule has 5 heteroatoms. The fraction of sp³-hybridized carbons (Fsp3) is 0.429. The molecule has 1 aliphatic heterocycles. The highest BCUT2D eigenvalue weighted by atomic mass is 15.1. The molecule has 3 heterocycles. The number of hydrogen-bond donors (Lipinski definition) is 2. The highest BCUT2D eigenvalue weighted by Crippen LogP contribution is 2.29. The first-order chi connectivity index (χ1) is 16.2. The molecule has 0 spiro atoms. The zero-order chi connectivity index (χ0) is 23.6. The predicted octanol–water partition coefficient (Wildman–Crippen LogP) is 5.71. The summed E-state index contributed by atoms with van der Waals surface area (Å²) in [6, 6.07) is 10.3. The van der Waals surface area contributed by atoms with E-state index in [1.807, 2.05) is 19.3 Å². The molecule has 0 radical (unpaired) electrons. The molecule has 0 aliphatic carbocycles. The second-order valence-corrected chi connectivity index (χ2v) is 8.64. The van der Waals surface area contributed by atoms with Gasteiger partial charge in [-0.1, -0.05) is 30.7 Å². The number of hydrogen-bond acceptors (Lipinski definition) is 4. The van der Waals surface area contributed by atoms with Crippen molar-refractivity contribution in [1.82, 2.24) is 25.2 Å². The lowest BCUT2D eigenvalue weighted by molar-refractivity contribution is 0.197. The van der Waals surface area contributed by atoms with Gasteiger partial charge in [0.15, 0.2) is 0 Å². The molecule has 0 amide bonds. The molecule has 4 rings (SSSR count). The molecule has 2 aromatic heterocycles. The summed E-state index contributed by atoms with van der Waals surface area (Å²) < 4.78 is 0. The minimum Gasteiger partial charge on any atom is -0.341 e. The predicted molar refractivity (Wildman–Crippen MR) is 141 cm³/mol. The third kappa shape index (κ3) is 6.18. The smallest absolute Gasteiger partial charge is 0.138 e.